The summed E-state index contributed by atoms with van der Waals surface area (Å²) >= 11 is 0. The highest BCUT2D eigenvalue weighted by atomic mass is 16.2. The molecule has 1 saturated carbocycles. The van der Waals surface area contributed by atoms with E-state index in [2.05, 4.69) is 4.98 Å². The number of aromatic nitrogens is 2. The third-order valence-corrected chi connectivity index (χ3v) is 3.51. The lowest BCUT2D eigenvalue weighted by Crippen LogP contribution is -2.36. The first-order valence-electron chi connectivity index (χ1n) is 8.39. The van der Waals surface area contributed by atoms with E-state index in [0.29, 0.717) is 0 Å². The number of nitrogens with two attached hydrogens (primary N) is 1. The number of aryl methyl sites for hydroxylation is 1. The second-order valence-corrected chi connectivity index (χ2v) is 4.89. The zero-order valence-electron chi connectivity index (χ0n) is 15.3. The van der Waals surface area contributed by atoms with Crippen LogP contribution in [0.25, 0.3) is 10.9 Å². The van der Waals surface area contributed by atoms with Gasteiger partial charge >= 0.3 is 0 Å². The van der Waals surface area contributed by atoms with Crippen molar-refractivity contribution in [1.82, 2.24) is 9.55 Å². The molecule has 2 aromatic rings. The zero-order chi connectivity index (χ0) is 18.7. The number of fused-ring (bicyclic) bond motifs is 1. The monoisotopic (exact) mass is 289 g/mol. The van der Waals surface area contributed by atoms with Crippen molar-refractivity contribution >= 4 is 28.2 Å². The molecule has 2 N–H and O–H groups in total. The lowest BCUT2D eigenvalue weighted by molar-refractivity contribution is -0.132. The number of ketones is 2. The predicted octanol–water partition coefficient (Wildman–Crippen LogP) is 1.15. The van der Waals surface area contributed by atoms with Crippen molar-refractivity contribution < 1.29 is 15.1 Å². The summed E-state index contributed by atoms with van der Waals surface area (Å²) in [5, 5.41) is -0.0862. The van der Waals surface area contributed by atoms with Gasteiger partial charge in [0.25, 0.3) is 5.56 Å². The predicted molar refractivity (Wildman–Crippen MR) is 78.1 cm³/mol. The molecule has 6 heteroatoms. The van der Waals surface area contributed by atoms with Crippen molar-refractivity contribution in [3.8, 4) is 0 Å². The molecule has 0 saturated heterocycles. The fourth-order valence-corrected chi connectivity index (χ4v) is 2.51. The first kappa shape index (κ1) is 9.44. The lowest BCUT2D eigenvalue weighted by Gasteiger charge is -2.24. The lowest BCUT2D eigenvalue weighted by atomic mass is 9.92. The van der Waals surface area contributed by atoms with E-state index in [1.54, 1.807) is 0 Å². The maximum absolute atomic E-state index is 12.9. The highest BCUT2D eigenvalue weighted by Crippen LogP contribution is 2.24. The molecule has 1 unspecified atom stereocenters. The Morgan fingerprint density at radius 1 is 1.48 bits per heavy atom. The topological polar surface area (TPSA) is 95.0 Å². The van der Waals surface area contributed by atoms with Crippen molar-refractivity contribution in [2.24, 2.45) is 0 Å². The molecular weight excluding hydrogens is 270 g/mol. The molecular formula is C15H15N3O3. The number of benzene rings is 1. The molecule has 1 fully saturated rings. The number of hydrogen-bond donors (Lipinski definition) is 1. The number of rotatable bonds is 1. The van der Waals surface area contributed by atoms with Crippen LogP contribution in [0.5, 0.6) is 0 Å². The van der Waals surface area contributed by atoms with Gasteiger partial charge in [0.1, 0.15) is 11.6 Å². The number of anilines is 1. The number of carbonyl (C=O) groups excluding carboxylic acids is 2. The van der Waals surface area contributed by atoms with Crippen LogP contribution in [0.1, 0.15) is 36.6 Å². The Kier molecular flexibility index (Phi) is 2.16. The molecule has 1 aromatic heterocycles. The summed E-state index contributed by atoms with van der Waals surface area (Å²) in [7, 11) is 0. The van der Waals surface area contributed by atoms with Gasteiger partial charge < -0.3 is 5.73 Å². The minimum Gasteiger partial charge on any atom is -0.398 e. The van der Waals surface area contributed by atoms with E-state index in [0.717, 1.165) is 4.57 Å². The molecule has 0 bridgehead atoms. The highest BCUT2D eigenvalue weighted by Gasteiger charge is 2.30. The Morgan fingerprint density at radius 2 is 2.24 bits per heavy atom. The summed E-state index contributed by atoms with van der Waals surface area (Å²) in [4.78, 5) is 41.0. The van der Waals surface area contributed by atoms with Crippen molar-refractivity contribution in [3.63, 3.8) is 0 Å². The van der Waals surface area contributed by atoms with Gasteiger partial charge in [-0.15, -0.1) is 0 Å². The summed E-state index contributed by atoms with van der Waals surface area (Å²) in [6.07, 6.45) is -3.26. The Labute approximate surface area is 126 Å². The van der Waals surface area contributed by atoms with E-state index in [1.807, 2.05) is 0 Å². The normalized spacial score (nSPS) is 24.3. The SMILES string of the molecule is [2H]c1cc(N)c2c(=O)n(C3CC([2H])([2H])C(=O)CC3=O)c(C)nc2c1[2H]. The van der Waals surface area contributed by atoms with Gasteiger partial charge in [-0.3, -0.25) is 19.0 Å². The molecule has 1 aliphatic carbocycles. The van der Waals surface area contributed by atoms with Crippen molar-refractivity contribution in [2.75, 3.05) is 5.73 Å². The van der Waals surface area contributed by atoms with E-state index in [1.165, 1.54) is 13.0 Å². The van der Waals surface area contributed by atoms with Crippen LogP contribution in [-0.2, 0) is 9.59 Å². The molecule has 1 atom stereocenters. The Balaban J connectivity index is 2.30. The van der Waals surface area contributed by atoms with Crippen LogP contribution in [0.4, 0.5) is 5.69 Å². The van der Waals surface area contributed by atoms with Crippen LogP contribution < -0.4 is 11.3 Å². The number of nitrogen functional groups attached to an aromatic ring is 1. The summed E-state index contributed by atoms with van der Waals surface area (Å²) < 4.78 is 32.1. The second-order valence-electron chi connectivity index (χ2n) is 4.89. The molecule has 0 spiro atoms. The summed E-state index contributed by atoms with van der Waals surface area (Å²) in [6.45, 7) is 1.45. The standard InChI is InChI=1S/C15H15N3O3/c1-8-17-11-4-2-3-10(16)14(11)15(21)18(8)12-6-5-9(19)7-13(12)20/h2-4,12H,5-7,16H2,1H3/i2D,4D,5D2. The fraction of sp³-hybridized carbons (Fsp3) is 0.333. The summed E-state index contributed by atoms with van der Waals surface area (Å²) in [5.41, 5.74) is 5.06. The van der Waals surface area contributed by atoms with Gasteiger partial charge in [0.15, 0.2) is 5.78 Å². The van der Waals surface area contributed by atoms with E-state index < -0.39 is 42.4 Å². The number of Topliss-reactive ketones (excluding diaryl/α,β-unsaturated/α-hetero) is 2. The second kappa shape index (κ2) is 4.80. The highest BCUT2D eigenvalue weighted by molar-refractivity contribution is 6.03. The number of carbonyl (C=O) groups is 2. The smallest absolute Gasteiger partial charge is 0.264 e. The quantitative estimate of drug-likeness (QED) is 0.627. The first-order chi connectivity index (χ1) is 11.5. The maximum atomic E-state index is 12.9. The van der Waals surface area contributed by atoms with E-state index >= 15 is 0 Å². The third kappa shape index (κ3) is 2.12. The van der Waals surface area contributed by atoms with Gasteiger partial charge in [0.2, 0.25) is 0 Å². The average Bonchev–Trinajstić information content (AvgIpc) is 2.49. The van der Waals surface area contributed by atoms with Crippen LogP contribution in [-0.4, -0.2) is 21.1 Å². The molecule has 0 amide bonds. The van der Waals surface area contributed by atoms with Crippen LogP contribution in [0.15, 0.2) is 22.9 Å². The molecule has 21 heavy (non-hydrogen) atoms. The zero-order valence-corrected chi connectivity index (χ0v) is 11.3. The summed E-state index contributed by atoms with van der Waals surface area (Å²) in [6, 6.07) is -0.429. The average molecular weight is 289 g/mol. The Morgan fingerprint density at radius 3 is 3.00 bits per heavy atom. The van der Waals surface area contributed by atoms with Gasteiger partial charge in [-0.1, -0.05) is 6.04 Å². The molecule has 3 rings (SSSR count). The first-order valence-corrected chi connectivity index (χ1v) is 6.39. The Bertz CT molecular complexity index is 1000. The maximum Gasteiger partial charge on any atom is 0.264 e. The van der Waals surface area contributed by atoms with E-state index in [4.69, 9.17) is 11.2 Å². The summed E-state index contributed by atoms with van der Waals surface area (Å²) in [5.74, 6) is -1.27. The molecule has 1 heterocycles. The van der Waals surface area contributed by atoms with Crippen molar-refractivity contribution in [2.45, 2.75) is 32.2 Å². The molecule has 1 aromatic carbocycles. The van der Waals surface area contributed by atoms with Crippen LogP contribution >= 0.6 is 0 Å². The minimum absolute atomic E-state index is 0.0360. The van der Waals surface area contributed by atoms with Crippen LogP contribution in [0.2, 0.25) is 0 Å². The van der Waals surface area contributed by atoms with E-state index in [-0.39, 0.29) is 34.5 Å². The van der Waals surface area contributed by atoms with Gasteiger partial charge in [0.05, 0.1) is 26.1 Å². The van der Waals surface area contributed by atoms with Crippen LogP contribution in [0.3, 0.4) is 0 Å². The molecule has 108 valence electrons. The van der Waals surface area contributed by atoms with Crippen molar-refractivity contribution in [3.05, 3.63) is 34.3 Å². The number of hydrogen-bond acceptors (Lipinski definition) is 5. The van der Waals surface area contributed by atoms with Gasteiger partial charge in [-0.25, -0.2) is 4.98 Å². The largest absolute Gasteiger partial charge is 0.398 e. The molecule has 1 aliphatic rings. The van der Waals surface area contributed by atoms with Gasteiger partial charge in [-0.05, 0) is 25.5 Å². The molecule has 0 aliphatic heterocycles. The molecule has 0 radical (unpaired) electrons. The number of nitrogens with zero attached hydrogens (tertiary/aromatic N) is 2. The van der Waals surface area contributed by atoms with E-state index in [9.17, 15) is 14.4 Å². The molecule has 6 nitrogen and oxygen atoms in total. The van der Waals surface area contributed by atoms with Gasteiger partial charge in [-0.2, -0.15) is 0 Å². The van der Waals surface area contributed by atoms with Gasteiger partial charge in [0, 0.05) is 14.8 Å². The Hall–Kier alpha value is -2.50. The minimum atomic E-state index is -2.21. The third-order valence-electron chi connectivity index (χ3n) is 3.51. The van der Waals surface area contributed by atoms with Crippen LogP contribution in [0, 0.1) is 6.92 Å². The van der Waals surface area contributed by atoms with Crippen molar-refractivity contribution in [1.29, 1.82) is 0 Å². The fourth-order valence-electron chi connectivity index (χ4n) is 2.51.